The van der Waals surface area contributed by atoms with E-state index in [0.717, 1.165) is 40.8 Å². The van der Waals surface area contributed by atoms with Crippen LogP contribution in [0.2, 0.25) is 10.0 Å². The second kappa shape index (κ2) is 5.16. The molecule has 3 rings (SSSR count). The molecular formula is C14H14Cl2N2O. The van der Waals surface area contributed by atoms with Gasteiger partial charge in [0.2, 0.25) is 0 Å². The number of nitrogens with zero attached hydrogens (tertiary/aromatic N) is 1. The monoisotopic (exact) mass is 296 g/mol. The van der Waals surface area contributed by atoms with Crippen molar-refractivity contribution in [3.05, 3.63) is 33.4 Å². The van der Waals surface area contributed by atoms with Gasteiger partial charge in [-0.2, -0.15) is 0 Å². The molecule has 5 heteroatoms. The van der Waals surface area contributed by atoms with Crippen molar-refractivity contribution in [2.75, 3.05) is 18.5 Å². The van der Waals surface area contributed by atoms with E-state index in [4.69, 9.17) is 27.9 Å². The van der Waals surface area contributed by atoms with Crippen molar-refractivity contribution in [1.29, 1.82) is 0 Å². The van der Waals surface area contributed by atoms with Crippen LogP contribution in [0.1, 0.15) is 18.2 Å². The van der Waals surface area contributed by atoms with Gasteiger partial charge in [-0.15, -0.1) is 0 Å². The first kappa shape index (κ1) is 13.0. The molecule has 2 aromatic rings. The molecule has 0 amide bonds. The van der Waals surface area contributed by atoms with Gasteiger partial charge in [0.05, 0.1) is 35.1 Å². The summed E-state index contributed by atoms with van der Waals surface area (Å²) in [5.74, 6) is 0. The first-order valence-corrected chi connectivity index (χ1v) is 7.08. The van der Waals surface area contributed by atoms with Crippen LogP contribution in [0, 0.1) is 0 Å². The van der Waals surface area contributed by atoms with Crippen LogP contribution in [0.3, 0.4) is 0 Å². The molecule has 100 valence electrons. The third kappa shape index (κ3) is 2.27. The van der Waals surface area contributed by atoms with Crippen LogP contribution < -0.4 is 5.32 Å². The molecule has 0 fully saturated rings. The number of rotatable bonds is 2. The maximum Gasteiger partial charge on any atom is 0.0913 e. The quantitative estimate of drug-likeness (QED) is 0.908. The minimum absolute atomic E-state index is 0.588. The Morgan fingerprint density at radius 3 is 3.00 bits per heavy atom. The Balaban J connectivity index is 2.35. The Hall–Kier alpha value is -1.03. The van der Waals surface area contributed by atoms with E-state index in [1.54, 1.807) is 6.07 Å². The summed E-state index contributed by atoms with van der Waals surface area (Å²) in [6.45, 7) is 4.19. The average Bonchev–Trinajstić information content (AvgIpc) is 2.40. The topological polar surface area (TPSA) is 34.2 Å². The molecule has 1 N–H and O–H groups in total. The Bertz CT molecular complexity index is 643. The van der Waals surface area contributed by atoms with Crippen LogP contribution in [-0.2, 0) is 17.8 Å². The van der Waals surface area contributed by atoms with E-state index in [1.165, 1.54) is 0 Å². The van der Waals surface area contributed by atoms with Crippen LogP contribution in [0.4, 0.5) is 5.69 Å². The maximum atomic E-state index is 6.27. The van der Waals surface area contributed by atoms with Gasteiger partial charge in [-0.25, -0.2) is 0 Å². The van der Waals surface area contributed by atoms with Crippen molar-refractivity contribution in [3.8, 4) is 0 Å². The first-order valence-electron chi connectivity index (χ1n) is 6.32. The summed E-state index contributed by atoms with van der Waals surface area (Å²) in [4.78, 5) is 4.69. The highest BCUT2D eigenvalue weighted by Gasteiger charge is 2.19. The summed E-state index contributed by atoms with van der Waals surface area (Å²) in [7, 11) is 0. The molecule has 0 radical (unpaired) electrons. The van der Waals surface area contributed by atoms with Gasteiger partial charge in [0, 0.05) is 28.9 Å². The summed E-state index contributed by atoms with van der Waals surface area (Å²) < 4.78 is 5.55. The lowest BCUT2D eigenvalue weighted by Crippen LogP contribution is -2.15. The maximum absolute atomic E-state index is 6.27. The highest BCUT2D eigenvalue weighted by molar-refractivity contribution is 6.38. The molecular weight excluding hydrogens is 283 g/mol. The SMILES string of the molecule is CCNc1c2c(nc3c(Cl)cc(Cl)cc13)CCOC2. The lowest BCUT2D eigenvalue weighted by molar-refractivity contribution is 0.110. The normalized spacial score (nSPS) is 14.5. The fourth-order valence-electron chi connectivity index (χ4n) is 2.46. The first-order chi connectivity index (χ1) is 9.20. The largest absolute Gasteiger partial charge is 0.384 e. The fourth-order valence-corrected chi connectivity index (χ4v) is 3.00. The number of ether oxygens (including phenoxy) is 1. The van der Waals surface area contributed by atoms with Gasteiger partial charge < -0.3 is 10.1 Å². The van der Waals surface area contributed by atoms with Gasteiger partial charge in [0.25, 0.3) is 0 Å². The number of pyridine rings is 1. The average molecular weight is 297 g/mol. The van der Waals surface area contributed by atoms with Gasteiger partial charge in [0.1, 0.15) is 0 Å². The number of hydrogen-bond donors (Lipinski definition) is 1. The highest BCUT2D eigenvalue weighted by Crippen LogP contribution is 2.36. The summed E-state index contributed by atoms with van der Waals surface area (Å²) >= 11 is 12.4. The van der Waals surface area contributed by atoms with Gasteiger partial charge >= 0.3 is 0 Å². The Morgan fingerprint density at radius 1 is 1.37 bits per heavy atom. The van der Waals surface area contributed by atoms with Crippen molar-refractivity contribution in [1.82, 2.24) is 4.98 Å². The smallest absolute Gasteiger partial charge is 0.0913 e. The van der Waals surface area contributed by atoms with Gasteiger partial charge in [-0.3, -0.25) is 4.98 Å². The third-order valence-electron chi connectivity index (χ3n) is 3.28. The summed E-state index contributed by atoms with van der Waals surface area (Å²) in [6.07, 6.45) is 0.822. The van der Waals surface area contributed by atoms with E-state index in [9.17, 15) is 0 Å². The minimum Gasteiger partial charge on any atom is -0.384 e. The number of nitrogens with one attached hydrogen (secondary N) is 1. The Labute approximate surface area is 121 Å². The van der Waals surface area contributed by atoms with Crippen LogP contribution in [0.5, 0.6) is 0 Å². The molecule has 3 nitrogen and oxygen atoms in total. The molecule has 1 aromatic heterocycles. The molecule has 2 heterocycles. The van der Waals surface area contributed by atoms with Crippen molar-refractivity contribution in [2.24, 2.45) is 0 Å². The van der Waals surface area contributed by atoms with Crippen molar-refractivity contribution in [2.45, 2.75) is 20.0 Å². The lowest BCUT2D eigenvalue weighted by Gasteiger charge is -2.22. The molecule has 19 heavy (non-hydrogen) atoms. The molecule has 1 aromatic carbocycles. The molecule has 0 bridgehead atoms. The molecule has 1 aliphatic heterocycles. The zero-order chi connectivity index (χ0) is 13.4. The zero-order valence-electron chi connectivity index (χ0n) is 10.6. The second-order valence-corrected chi connectivity index (χ2v) is 5.37. The summed E-state index contributed by atoms with van der Waals surface area (Å²) in [5.41, 5.74) is 4.05. The lowest BCUT2D eigenvalue weighted by atomic mass is 10.0. The van der Waals surface area contributed by atoms with E-state index in [0.29, 0.717) is 23.3 Å². The van der Waals surface area contributed by atoms with Crippen molar-refractivity contribution in [3.63, 3.8) is 0 Å². The Morgan fingerprint density at radius 2 is 2.21 bits per heavy atom. The molecule has 0 aliphatic carbocycles. The number of hydrogen-bond acceptors (Lipinski definition) is 3. The van der Waals surface area contributed by atoms with Crippen LogP contribution in [0.15, 0.2) is 12.1 Å². The van der Waals surface area contributed by atoms with E-state index in [1.807, 2.05) is 6.07 Å². The highest BCUT2D eigenvalue weighted by atomic mass is 35.5. The number of halogens is 2. The molecule has 0 unspecified atom stereocenters. The van der Waals surface area contributed by atoms with Crippen molar-refractivity contribution < 1.29 is 4.74 Å². The predicted octanol–water partition coefficient (Wildman–Crippen LogP) is 4.05. The van der Waals surface area contributed by atoms with Crippen LogP contribution in [0.25, 0.3) is 10.9 Å². The van der Waals surface area contributed by atoms with E-state index in [2.05, 4.69) is 17.2 Å². The number of benzene rings is 1. The van der Waals surface area contributed by atoms with Crippen LogP contribution in [-0.4, -0.2) is 18.1 Å². The molecule has 0 saturated heterocycles. The molecule has 0 spiro atoms. The molecule has 1 aliphatic rings. The molecule has 0 saturated carbocycles. The Kier molecular flexibility index (Phi) is 3.52. The summed E-state index contributed by atoms with van der Waals surface area (Å²) in [6, 6.07) is 3.64. The van der Waals surface area contributed by atoms with Crippen LogP contribution >= 0.6 is 23.2 Å². The van der Waals surface area contributed by atoms with Gasteiger partial charge in [0.15, 0.2) is 0 Å². The fraction of sp³-hybridized carbons (Fsp3) is 0.357. The van der Waals surface area contributed by atoms with Crippen molar-refractivity contribution >= 4 is 39.8 Å². The third-order valence-corrected chi connectivity index (χ3v) is 3.78. The number of fused-ring (bicyclic) bond motifs is 2. The van der Waals surface area contributed by atoms with E-state index >= 15 is 0 Å². The molecule has 0 atom stereocenters. The summed E-state index contributed by atoms with van der Waals surface area (Å²) in [5, 5.41) is 5.57. The zero-order valence-corrected chi connectivity index (χ0v) is 12.1. The number of aromatic nitrogens is 1. The predicted molar refractivity (Wildman–Crippen MR) is 79.3 cm³/mol. The number of anilines is 1. The van der Waals surface area contributed by atoms with E-state index in [-0.39, 0.29) is 0 Å². The second-order valence-electron chi connectivity index (χ2n) is 4.53. The van der Waals surface area contributed by atoms with Gasteiger partial charge in [-0.1, -0.05) is 23.2 Å². The van der Waals surface area contributed by atoms with E-state index < -0.39 is 0 Å². The minimum atomic E-state index is 0.588. The standard InChI is InChI=1S/C14H14Cl2N2O/c1-2-17-13-9-5-8(15)6-11(16)14(9)18-12-3-4-19-7-10(12)13/h5-6H,2-4,7H2,1H3,(H,17,18). The van der Waals surface area contributed by atoms with Gasteiger partial charge in [-0.05, 0) is 19.1 Å².